The lowest BCUT2D eigenvalue weighted by molar-refractivity contribution is 0.396. The molecule has 3 N–H and O–H groups in total. The minimum atomic E-state index is 0.419. The second-order valence-corrected chi connectivity index (χ2v) is 6.26. The molecule has 0 aliphatic rings. The molecule has 28 heavy (non-hydrogen) atoms. The molecule has 1 aromatic heterocycles. The fourth-order valence-corrected chi connectivity index (χ4v) is 3.09. The Hall–Kier alpha value is -3.19. The molecule has 0 fully saturated rings. The Bertz CT molecular complexity index is 953. The Morgan fingerprint density at radius 3 is 2.43 bits per heavy atom. The SMILES string of the molecule is CCN(c1ccccc1)c1ncnc(Nc2cc(Cl)c(OC)cc2OC)c1N. The van der Waals surface area contributed by atoms with Crippen LogP contribution in [0.4, 0.5) is 28.7 Å². The molecule has 2 aromatic carbocycles. The molecule has 0 bridgehead atoms. The maximum atomic E-state index is 6.40. The van der Waals surface area contributed by atoms with Crippen molar-refractivity contribution in [2.75, 3.05) is 36.7 Å². The van der Waals surface area contributed by atoms with Crippen molar-refractivity contribution in [2.24, 2.45) is 0 Å². The first kappa shape index (κ1) is 19.6. The van der Waals surface area contributed by atoms with Gasteiger partial charge in [0.05, 0.1) is 24.9 Å². The lowest BCUT2D eigenvalue weighted by atomic mass is 10.2. The number of rotatable bonds is 7. The second-order valence-electron chi connectivity index (χ2n) is 5.85. The van der Waals surface area contributed by atoms with Crippen LogP contribution in [0.3, 0.4) is 0 Å². The standard InChI is InChI=1S/C20H22ClN5O2/c1-4-26(13-8-6-5-7-9-13)20-18(22)19(23-12-24-20)25-15-10-14(21)16(27-2)11-17(15)28-3/h5-12H,4,22H2,1-3H3,(H,23,24,25). The van der Waals surface area contributed by atoms with Crippen LogP contribution in [0.25, 0.3) is 0 Å². The van der Waals surface area contributed by atoms with Crippen LogP contribution >= 0.6 is 11.6 Å². The predicted molar refractivity (Wildman–Crippen MR) is 113 cm³/mol. The fourth-order valence-electron chi connectivity index (χ4n) is 2.85. The average molecular weight is 400 g/mol. The van der Waals surface area contributed by atoms with E-state index in [2.05, 4.69) is 15.3 Å². The van der Waals surface area contributed by atoms with Crippen molar-refractivity contribution < 1.29 is 9.47 Å². The number of benzene rings is 2. The summed E-state index contributed by atoms with van der Waals surface area (Å²) in [6.07, 6.45) is 1.47. The number of nitrogens with two attached hydrogens (primary N) is 1. The summed E-state index contributed by atoms with van der Waals surface area (Å²) in [6, 6.07) is 13.3. The van der Waals surface area contributed by atoms with E-state index in [0.29, 0.717) is 46.1 Å². The van der Waals surface area contributed by atoms with Crippen molar-refractivity contribution in [1.29, 1.82) is 0 Å². The summed E-state index contributed by atoms with van der Waals surface area (Å²) < 4.78 is 10.7. The molecule has 8 heteroatoms. The van der Waals surface area contributed by atoms with Gasteiger partial charge in [0.25, 0.3) is 0 Å². The minimum absolute atomic E-state index is 0.419. The Kier molecular flexibility index (Phi) is 6.06. The van der Waals surface area contributed by atoms with Gasteiger partial charge in [0, 0.05) is 18.3 Å². The number of aromatic nitrogens is 2. The highest BCUT2D eigenvalue weighted by atomic mass is 35.5. The molecule has 1 heterocycles. The number of para-hydroxylation sites is 1. The number of nitrogens with one attached hydrogen (secondary N) is 1. The first-order valence-corrected chi connectivity index (χ1v) is 9.08. The maximum absolute atomic E-state index is 6.40. The molecular weight excluding hydrogens is 378 g/mol. The largest absolute Gasteiger partial charge is 0.495 e. The van der Waals surface area contributed by atoms with Gasteiger partial charge in [0.15, 0.2) is 11.6 Å². The number of nitrogens with zero attached hydrogens (tertiary/aromatic N) is 3. The monoisotopic (exact) mass is 399 g/mol. The van der Waals surface area contributed by atoms with Gasteiger partial charge in [-0.25, -0.2) is 9.97 Å². The van der Waals surface area contributed by atoms with Gasteiger partial charge in [-0.3, -0.25) is 0 Å². The van der Waals surface area contributed by atoms with Crippen LogP contribution in [0.2, 0.25) is 5.02 Å². The number of hydrogen-bond donors (Lipinski definition) is 2. The first-order chi connectivity index (χ1) is 13.6. The number of ether oxygens (including phenoxy) is 2. The van der Waals surface area contributed by atoms with E-state index < -0.39 is 0 Å². The van der Waals surface area contributed by atoms with E-state index in [4.69, 9.17) is 26.8 Å². The van der Waals surface area contributed by atoms with Crippen LogP contribution in [0.5, 0.6) is 11.5 Å². The second kappa shape index (κ2) is 8.67. The number of nitrogen functional groups attached to an aromatic ring is 1. The number of hydrogen-bond acceptors (Lipinski definition) is 7. The normalized spacial score (nSPS) is 10.4. The van der Waals surface area contributed by atoms with Crippen LogP contribution in [0, 0.1) is 0 Å². The summed E-state index contributed by atoms with van der Waals surface area (Å²) in [7, 11) is 3.11. The molecule has 0 saturated carbocycles. The highest BCUT2D eigenvalue weighted by molar-refractivity contribution is 6.32. The van der Waals surface area contributed by atoms with Crippen LogP contribution in [-0.4, -0.2) is 30.7 Å². The molecule has 0 unspecified atom stereocenters. The van der Waals surface area contributed by atoms with E-state index in [9.17, 15) is 0 Å². The van der Waals surface area contributed by atoms with E-state index >= 15 is 0 Å². The zero-order valence-electron chi connectivity index (χ0n) is 15.9. The smallest absolute Gasteiger partial charge is 0.161 e. The van der Waals surface area contributed by atoms with Crippen molar-refractivity contribution in [3.05, 3.63) is 53.8 Å². The molecule has 0 radical (unpaired) electrons. The van der Waals surface area contributed by atoms with Gasteiger partial charge in [-0.2, -0.15) is 0 Å². The summed E-state index contributed by atoms with van der Waals surface area (Å²) in [5.41, 5.74) is 8.43. The molecule has 0 atom stereocenters. The highest BCUT2D eigenvalue weighted by Gasteiger charge is 2.17. The third kappa shape index (κ3) is 3.89. The number of halogens is 1. The molecule has 3 aromatic rings. The van der Waals surface area contributed by atoms with Crippen molar-refractivity contribution in [3.8, 4) is 11.5 Å². The van der Waals surface area contributed by atoms with E-state index in [0.717, 1.165) is 5.69 Å². The summed E-state index contributed by atoms with van der Waals surface area (Å²) in [6.45, 7) is 2.73. The molecule has 0 amide bonds. The van der Waals surface area contributed by atoms with Gasteiger partial charge >= 0.3 is 0 Å². The van der Waals surface area contributed by atoms with Crippen molar-refractivity contribution >= 4 is 40.3 Å². The van der Waals surface area contributed by atoms with Gasteiger partial charge in [-0.15, -0.1) is 0 Å². The lowest BCUT2D eigenvalue weighted by Crippen LogP contribution is -2.19. The highest BCUT2D eigenvalue weighted by Crippen LogP contribution is 2.39. The molecule has 0 aliphatic heterocycles. The Labute approximate surface area is 169 Å². The summed E-state index contributed by atoms with van der Waals surface area (Å²) in [5.74, 6) is 2.14. The summed E-state index contributed by atoms with van der Waals surface area (Å²) >= 11 is 6.26. The Morgan fingerprint density at radius 2 is 1.79 bits per heavy atom. The molecule has 3 rings (SSSR count). The molecule has 0 spiro atoms. The Morgan fingerprint density at radius 1 is 1.07 bits per heavy atom. The van der Waals surface area contributed by atoms with Gasteiger partial charge in [-0.1, -0.05) is 29.8 Å². The van der Waals surface area contributed by atoms with Crippen LogP contribution in [0.1, 0.15) is 6.92 Å². The topological polar surface area (TPSA) is 85.5 Å². The van der Waals surface area contributed by atoms with Gasteiger partial charge in [-0.05, 0) is 25.1 Å². The van der Waals surface area contributed by atoms with Crippen LogP contribution in [-0.2, 0) is 0 Å². The van der Waals surface area contributed by atoms with Crippen molar-refractivity contribution in [1.82, 2.24) is 9.97 Å². The summed E-state index contributed by atoms with van der Waals surface area (Å²) in [5, 5.41) is 3.63. The number of methoxy groups -OCH3 is 2. The molecule has 7 nitrogen and oxygen atoms in total. The molecule has 146 valence electrons. The van der Waals surface area contributed by atoms with E-state index in [1.165, 1.54) is 6.33 Å². The molecular formula is C20H22ClN5O2. The van der Waals surface area contributed by atoms with E-state index in [-0.39, 0.29) is 0 Å². The van der Waals surface area contributed by atoms with Crippen LogP contribution < -0.4 is 25.4 Å². The van der Waals surface area contributed by atoms with Gasteiger partial charge < -0.3 is 25.4 Å². The molecule has 0 aliphatic carbocycles. The Balaban J connectivity index is 1.99. The number of anilines is 5. The minimum Gasteiger partial charge on any atom is -0.495 e. The van der Waals surface area contributed by atoms with Crippen molar-refractivity contribution in [3.63, 3.8) is 0 Å². The predicted octanol–water partition coefficient (Wildman–Crippen LogP) is 4.63. The quantitative estimate of drug-likeness (QED) is 0.598. The maximum Gasteiger partial charge on any atom is 0.161 e. The van der Waals surface area contributed by atoms with E-state index in [1.54, 1.807) is 26.4 Å². The van der Waals surface area contributed by atoms with Gasteiger partial charge in [0.1, 0.15) is 23.5 Å². The lowest BCUT2D eigenvalue weighted by Gasteiger charge is -2.24. The third-order valence-electron chi connectivity index (χ3n) is 4.23. The zero-order chi connectivity index (χ0) is 20.1. The zero-order valence-corrected chi connectivity index (χ0v) is 16.7. The summed E-state index contributed by atoms with van der Waals surface area (Å²) in [4.78, 5) is 10.7. The van der Waals surface area contributed by atoms with E-state index in [1.807, 2.05) is 42.2 Å². The van der Waals surface area contributed by atoms with Gasteiger partial charge in [0.2, 0.25) is 0 Å². The third-order valence-corrected chi connectivity index (χ3v) is 4.53. The average Bonchev–Trinajstić information content (AvgIpc) is 2.72. The van der Waals surface area contributed by atoms with Crippen molar-refractivity contribution in [2.45, 2.75) is 6.92 Å². The molecule has 0 saturated heterocycles. The fraction of sp³-hybridized carbons (Fsp3) is 0.200. The van der Waals surface area contributed by atoms with Crippen LogP contribution in [0.15, 0.2) is 48.8 Å². The first-order valence-electron chi connectivity index (χ1n) is 8.70.